The number of hydrogen-bond donors (Lipinski definition) is 2. The zero-order valence-corrected chi connectivity index (χ0v) is 22.7. The predicted octanol–water partition coefficient (Wildman–Crippen LogP) is 3.92. The minimum atomic E-state index is -0.697. The first kappa shape index (κ1) is 26.8. The van der Waals surface area contributed by atoms with Crippen LogP contribution in [0.3, 0.4) is 0 Å². The summed E-state index contributed by atoms with van der Waals surface area (Å²) >= 11 is 0. The minimum Gasteiger partial charge on any atom is -0.392 e. The first-order valence-electron chi connectivity index (χ1n) is 12.6. The van der Waals surface area contributed by atoms with Crippen LogP contribution in [0.2, 0.25) is 0 Å². The van der Waals surface area contributed by atoms with Gasteiger partial charge >= 0.3 is 0 Å². The Balaban J connectivity index is 1.66. The van der Waals surface area contributed by atoms with Crippen molar-refractivity contribution in [3.63, 3.8) is 0 Å². The number of hydrogen-bond acceptors (Lipinski definition) is 8. The van der Waals surface area contributed by atoms with Crippen molar-refractivity contribution in [3.8, 4) is 16.9 Å². The second kappa shape index (κ2) is 10.1. The van der Waals surface area contributed by atoms with Crippen molar-refractivity contribution in [2.45, 2.75) is 39.7 Å². The highest BCUT2D eigenvalue weighted by atomic mass is 19.1. The van der Waals surface area contributed by atoms with Crippen LogP contribution >= 0.6 is 0 Å². The Morgan fingerprint density at radius 1 is 1.05 bits per heavy atom. The van der Waals surface area contributed by atoms with Crippen molar-refractivity contribution in [2.75, 3.05) is 5.32 Å². The number of pyridine rings is 2. The van der Waals surface area contributed by atoms with E-state index in [1.165, 1.54) is 23.0 Å². The largest absolute Gasteiger partial charge is 0.392 e. The van der Waals surface area contributed by atoms with Gasteiger partial charge in [-0.2, -0.15) is 9.78 Å². The zero-order valence-electron chi connectivity index (χ0n) is 22.7. The summed E-state index contributed by atoms with van der Waals surface area (Å²) < 4.78 is 17.6. The van der Waals surface area contributed by atoms with E-state index in [-0.39, 0.29) is 33.4 Å². The molecule has 0 aliphatic rings. The standard InChI is InChI=1S/C29H28FN7O3/c1-16-31-9-7-24(34-16)35-23-11-18(14-36(5)27(23)39)20-6-8-32-26(21(20)15-38)37-28(40)25-17(13-33-37)10-19(12-22(25)30)29(2,3)4/h6-14,38H,15H2,1-5H3,(H,31,34,35). The molecular formula is C29H28FN7O3. The van der Waals surface area contributed by atoms with E-state index < -0.39 is 18.0 Å². The second-order valence-corrected chi connectivity index (χ2v) is 10.5. The molecule has 0 saturated carbocycles. The molecule has 40 heavy (non-hydrogen) atoms. The SMILES string of the molecule is Cc1nccc(Nc2cc(-c3ccnc(-n4ncc5cc(C(C)(C)C)cc(F)c5c4=O)c3CO)cn(C)c2=O)n1. The average Bonchev–Trinajstić information content (AvgIpc) is 2.90. The summed E-state index contributed by atoms with van der Waals surface area (Å²) in [4.78, 5) is 39.0. The fourth-order valence-corrected chi connectivity index (χ4v) is 4.52. The highest BCUT2D eigenvalue weighted by Crippen LogP contribution is 2.30. The second-order valence-electron chi connectivity index (χ2n) is 10.5. The highest BCUT2D eigenvalue weighted by Gasteiger charge is 2.21. The number of aryl methyl sites for hydroxylation is 2. The number of nitrogens with one attached hydrogen (secondary N) is 1. The van der Waals surface area contributed by atoms with Gasteiger partial charge in [-0.05, 0) is 53.8 Å². The first-order chi connectivity index (χ1) is 19.0. The molecule has 0 amide bonds. The maximum atomic E-state index is 15.2. The third kappa shape index (κ3) is 4.87. The molecule has 5 aromatic rings. The summed E-state index contributed by atoms with van der Waals surface area (Å²) in [5, 5.41) is 18.0. The van der Waals surface area contributed by atoms with Gasteiger partial charge in [0.1, 0.15) is 23.1 Å². The Morgan fingerprint density at radius 2 is 1.80 bits per heavy atom. The van der Waals surface area contributed by atoms with E-state index in [1.54, 1.807) is 50.6 Å². The lowest BCUT2D eigenvalue weighted by molar-refractivity contribution is 0.281. The lowest BCUT2D eigenvalue weighted by atomic mass is 9.86. The molecule has 0 fully saturated rings. The molecule has 0 aliphatic carbocycles. The average molecular weight is 542 g/mol. The molecule has 204 valence electrons. The number of rotatable bonds is 5. The summed E-state index contributed by atoms with van der Waals surface area (Å²) in [7, 11) is 1.60. The summed E-state index contributed by atoms with van der Waals surface area (Å²) in [6.45, 7) is 7.12. The molecule has 0 bridgehead atoms. The van der Waals surface area contributed by atoms with E-state index in [4.69, 9.17) is 0 Å². The normalized spacial score (nSPS) is 11.7. The Morgan fingerprint density at radius 3 is 2.50 bits per heavy atom. The molecule has 0 radical (unpaired) electrons. The van der Waals surface area contributed by atoms with Gasteiger partial charge in [-0.1, -0.05) is 20.8 Å². The van der Waals surface area contributed by atoms with Crippen molar-refractivity contribution in [1.29, 1.82) is 0 Å². The summed E-state index contributed by atoms with van der Waals surface area (Å²) in [5.74, 6) is 0.391. The fourth-order valence-electron chi connectivity index (χ4n) is 4.52. The third-order valence-corrected chi connectivity index (χ3v) is 6.63. The molecule has 4 heterocycles. The van der Waals surface area contributed by atoms with E-state index in [2.05, 4.69) is 25.4 Å². The number of aliphatic hydroxyl groups is 1. The smallest absolute Gasteiger partial charge is 0.283 e. The van der Waals surface area contributed by atoms with E-state index in [9.17, 15) is 14.7 Å². The monoisotopic (exact) mass is 541 g/mol. The van der Waals surface area contributed by atoms with Crippen molar-refractivity contribution >= 4 is 22.3 Å². The first-order valence-corrected chi connectivity index (χ1v) is 12.6. The van der Waals surface area contributed by atoms with Crippen LogP contribution in [0.1, 0.15) is 37.7 Å². The molecule has 5 rings (SSSR count). The molecule has 0 spiro atoms. The van der Waals surface area contributed by atoms with Gasteiger partial charge < -0.3 is 15.0 Å². The molecular weight excluding hydrogens is 513 g/mol. The van der Waals surface area contributed by atoms with Crippen LogP contribution in [-0.4, -0.2) is 34.4 Å². The molecule has 10 nitrogen and oxygen atoms in total. The Hall–Kier alpha value is -4.77. The van der Waals surface area contributed by atoms with Crippen LogP contribution in [0.25, 0.3) is 27.7 Å². The van der Waals surface area contributed by atoms with Gasteiger partial charge in [0.25, 0.3) is 11.1 Å². The predicted molar refractivity (Wildman–Crippen MR) is 150 cm³/mol. The molecule has 4 aromatic heterocycles. The van der Waals surface area contributed by atoms with E-state index >= 15 is 4.39 Å². The lowest BCUT2D eigenvalue weighted by Crippen LogP contribution is -2.25. The highest BCUT2D eigenvalue weighted by molar-refractivity contribution is 5.83. The fraction of sp³-hybridized carbons (Fsp3) is 0.241. The van der Waals surface area contributed by atoms with Gasteiger partial charge in [0.15, 0.2) is 5.82 Å². The number of aliphatic hydroxyl groups excluding tert-OH is 1. The van der Waals surface area contributed by atoms with Gasteiger partial charge in [-0.25, -0.2) is 19.3 Å². The van der Waals surface area contributed by atoms with Crippen LogP contribution in [0.15, 0.2) is 64.7 Å². The molecule has 0 aliphatic heterocycles. The number of benzene rings is 1. The van der Waals surface area contributed by atoms with Gasteiger partial charge in [-0.3, -0.25) is 9.59 Å². The summed E-state index contributed by atoms with van der Waals surface area (Å²) in [5.41, 5.74) is 1.04. The molecule has 11 heteroatoms. The Bertz CT molecular complexity index is 1890. The number of aromatic nitrogens is 6. The lowest BCUT2D eigenvalue weighted by Gasteiger charge is -2.20. The molecule has 0 saturated heterocycles. The van der Waals surface area contributed by atoms with E-state index in [0.717, 1.165) is 10.2 Å². The number of fused-ring (bicyclic) bond motifs is 1. The van der Waals surface area contributed by atoms with Gasteiger partial charge in [-0.15, -0.1) is 0 Å². The quantitative estimate of drug-likeness (QED) is 0.343. The minimum absolute atomic E-state index is 0.0565. The van der Waals surface area contributed by atoms with E-state index in [1.807, 2.05) is 20.8 Å². The topological polar surface area (TPSA) is 128 Å². The zero-order chi connectivity index (χ0) is 28.8. The van der Waals surface area contributed by atoms with Crippen LogP contribution in [0, 0.1) is 12.7 Å². The van der Waals surface area contributed by atoms with Gasteiger partial charge in [0, 0.05) is 42.2 Å². The maximum absolute atomic E-state index is 15.2. The maximum Gasteiger partial charge on any atom is 0.283 e. The molecule has 0 unspecified atom stereocenters. The van der Waals surface area contributed by atoms with Gasteiger partial charge in [0.2, 0.25) is 0 Å². The van der Waals surface area contributed by atoms with Crippen LogP contribution in [0.5, 0.6) is 0 Å². The van der Waals surface area contributed by atoms with Crippen molar-refractivity contribution < 1.29 is 9.50 Å². The van der Waals surface area contributed by atoms with Crippen LogP contribution in [0.4, 0.5) is 15.9 Å². The summed E-state index contributed by atoms with van der Waals surface area (Å²) in [6.07, 6.45) is 6.08. The van der Waals surface area contributed by atoms with Crippen molar-refractivity contribution in [3.05, 3.63) is 98.6 Å². The number of anilines is 2. The Kier molecular flexibility index (Phi) is 6.76. The van der Waals surface area contributed by atoms with Gasteiger partial charge in [0.05, 0.1) is 18.2 Å². The number of halogens is 1. The summed E-state index contributed by atoms with van der Waals surface area (Å²) in [6, 6.07) is 8.05. The molecule has 0 atom stereocenters. The van der Waals surface area contributed by atoms with E-state index in [0.29, 0.717) is 28.2 Å². The van der Waals surface area contributed by atoms with Crippen molar-refractivity contribution in [1.82, 2.24) is 29.3 Å². The van der Waals surface area contributed by atoms with Crippen molar-refractivity contribution in [2.24, 2.45) is 7.05 Å². The molecule has 1 aromatic carbocycles. The number of nitrogens with zero attached hydrogens (tertiary/aromatic N) is 6. The van der Waals surface area contributed by atoms with Crippen LogP contribution < -0.4 is 16.4 Å². The molecule has 2 N–H and O–H groups in total. The van der Waals surface area contributed by atoms with Crippen LogP contribution in [-0.2, 0) is 19.1 Å². The third-order valence-electron chi connectivity index (χ3n) is 6.63. The Labute approximate surface area is 228 Å².